The molecule has 3 rings (SSSR count). The van der Waals surface area contributed by atoms with Gasteiger partial charge in [0.15, 0.2) is 0 Å². The number of rotatable bonds is 4. The second kappa shape index (κ2) is 8.31. The Morgan fingerprint density at radius 1 is 0.852 bits per heavy atom. The summed E-state index contributed by atoms with van der Waals surface area (Å²) in [4.78, 5) is 24.8. The van der Waals surface area contributed by atoms with Crippen LogP contribution in [0.1, 0.15) is 56.9 Å². The predicted molar refractivity (Wildman–Crippen MR) is 95.9 cm³/mol. The number of benzene rings is 1. The molecule has 0 radical (unpaired) electrons. The minimum absolute atomic E-state index is 0.0585. The zero-order chi connectivity index (χ0) is 19.4. The maximum atomic E-state index is 13.1. The van der Waals surface area contributed by atoms with Gasteiger partial charge in [0, 0.05) is 17.9 Å². The minimum Gasteiger partial charge on any atom is -0.353 e. The van der Waals surface area contributed by atoms with Crippen molar-refractivity contribution in [3.63, 3.8) is 0 Å². The van der Waals surface area contributed by atoms with E-state index in [1.54, 1.807) is 0 Å². The number of para-hydroxylation sites is 1. The summed E-state index contributed by atoms with van der Waals surface area (Å²) in [7, 11) is 0. The van der Waals surface area contributed by atoms with Crippen molar-refractivity contribution < 1.29 is 22.8 Å². The topological polar surface area (TPSA) is 58.2 Å². The molecule has 4 nitrogen and oxygen atoms in total. The molecule has 0 aromatic heterocycles. The molecule has 1 aromatic carbocycles. The van der Waals surface area contributed by atoms with Crippen molar-refractivity contribution in [1.29, 1.82) is 0 Å². The van der Waals surface area contributed by atoms with E-state index in [0.717, 1.165) is 31.7 Å². The number of carbonyl (C=O) groups excluding carboxylic acids is 2. The highest BCUT2D eigenvalue weighted by Crippen LogP contribution is 2.36. The van der Waals surface area contributed by atoms with Crippen molar-refractivity contribution in [1.82, 2.24) is 5.32 Å². The largest absolute Gasteiger partial charge is 0.418 e. The van der Waals surface area contributed by atoms with Gasteiger partial charge in [-0.25, -0.2) is 0 Å². The van der Waals surface area contributed by atoms with Crippen LogP contribution in [0.5, 0.6) is 0 Å². The van der Waals surface area contributed by atoms with Crippen LogP contribution in [-0.4, -0.2) is 17.9 Å². The van der Waals surface area contributed by atoms with Gasteiger partial charge in [0.1, 0.15) is 0 Å². The molecule has 0 atom stereocenters. The fraction of sp³-hybridized carbons (Fsp3) is 0.600. The molecule has 1 aromatic rings. The lowest BCUT2D eigenvalue weighted by Crippen LogP contribution is -2.39. The van der Waals surface area contributed by atoms with E-state index in [-0.39, 0.29) is 29.5 Å². The van der Waals surface area contributed by atoms with Crippen LogP contribution in [0.3, 0.4) is 0 Å². The number of alkyl halides is 3. The summed E-state index contributed by atoms with van der Waals surface area (Å²) in [6, 6.07) is 5.26. The van der Waals surface area contributed by atoms with Gasteiger partial charge >= 0.3 is 6.18 Å². The van der Waals surface area contributed by atoms with Gasteiger partial charge in [-0.15, -0.1) is 0 Å². The fourth-order valence-corrected chi connectivity index (χ4v) is 4.08. The van der Waals surface area contributed by atoms with Crippen molar-refractivity contribution in [3.8, 4) is 0 Å². The first kappa shape index (κ1) is 19.7. The molecule has 2 amide bonds. The molecule has 0 bridgehead atoms. The van der Waals surface area contributed by atoms with E-state index >= 15 is 0 Å². The van der Waals surface area contributed by atoms with Gasteiger partial charge < -0.3 is 10.6 Å². The number of nitrogens with one attached hydrogen (secondary N) is 2. The summed E-state index contributed by atoms with van der Waals surface area (Å²) >= 11 is 0. The standard InChI is InChI=1S/C20H25F3N2O2/c21-20(22,23)16-7-3-4-8-17(16)25-19(27)14-11-9-13(10-12-14)18(26)24-15-5-1-2-6-15/h3-4,7-8,13-15H,1-2,5-6,9-12H2,(H,24,26)(H,25,27). The Labute approximate surface area is 156 Å². The number of hydrogen-bond donors (Lipinski definition) is 2. The SMILES string of the molecule is O=C(Nc1ccccc1C(F)(F)F)C1CCC(C(=O)NC2CCCC2)CC1. The molecule has 7 heteroatoms. The molecule has 148 valence electrons. The molecule has 2 N–H and O–H groups in total. The third-order valence-electron chi connectivity index (χ3n) is 5.66. The van der Waals surface area contributed by atoms with Gasteiger partial charge in [-0.1, -0.05) is 25.0 Å². The number of amides is 2. The fourth-order valence-electron chi connectivity index (χ4n) is 4.08. The first-order valence-electron chi connectivity index (χ1n) is 9.62. The molecule has 2 aliphatic carbocycles. The highest BCUT2D eigenvalue weighted by Gasteiger charge is 2.35. The van der Waals surface area contributed by atoms with Crippen molar-refractivity contribution in [2.24, 2.45) is 11.8 Å². The number of carbonyl (C=O) groups is 2. The molecular weight excluding hydrogens is 357 g/mol. The second-order valence-electron chi connectivity index (χ2n) is 7.57. The maximum Gasteiger partial charge on any atom is 0.418 e. The monoisotopic (exact) mass is 382 g/mol. The zero-order valence-corrected chi connectivity index (χ0v) is 15.1. The van der Waals surface area contributed by atoms with E-state index in [0.29, 0.717) is 25.7 Å². The van der Waals surface area contributed by atoms with E-state index in [9.17, 15) is 22.8 Å². The van der Waals surface area contributed by atoms with Crippen LogP contribution in [0.4, 0.5) is 18.9 Å². The highest BCUT2D eigenvalue weighted by atomic mass is 19.4. The molecule has 0 aliphatic heterocycles. The summed E-state index contributed by atoms with van der Waals surface area (Å²) in [6.45, 7) is 0. The lowest BCUT2D eigenvalue weighted by molar-refractivity contribution is -0.137. The normalized spacial score (nSPS) is 23.8. The summed E-state index contributed by atoms with van der Waals surface area (Å²) in [5, 5.41) is 5.52. The Morgan fingerprint density at radius 2 is 1.41 bits per heavy atom. The van der Waals surface area contributed by atoms with Gasteiger partial charge in [-0.3, -0.25) is 9.59 Å². The van der Waals surface area contributed by atoms with Crippen LogP contribution >= 0.6 is 0 Å². The van der Waals surface area contributed by atoms with Gasteiger partial charge in [-0.05, 0) is 50.7 Å². The molecule has 0 heterocycles. The first-order chi connectivity index (χ1) is 12.8. The lowest BCUT2D eigenvalue weighted by atomic mass is 9.81. The number of hydrogen-bond acceptors (Lipinski definition) is 2. The molecule has 2 aliphatic rings. The molecular formula is C20H25F3N2O2. The Hall–Kier alpha value is -2.05. The average molecular weight is 382 g/mol. The van der Waals surface area contributed by atoms with Crippen molar-refractivity contribution in [2.45, 2.75) is 63.6 Å². The second-order valence-corrected chi connectivity index (χ2v) is 7.57. The van der Waals surface area contributed by atoms with Crippen LogP contribution in [0.15, 0.2) is 24.3 Å². The van der Waals surface area contributed by atoms with Gasteiger partial charge in [0.2, 0.25) is 11.8 Å². The number of anilines is 1. The molecule has 0 unspecified atom stereocenters. The summed E-state index contributed by atoms with van der Waals surface area (Å²) < 4.78 is 39.2. The van der Waals surface area contributed by atoms with E-state index < -0.39 is 17.6 Å². The van der Waals surface area contributed by atoms with Crippen molar-refractivity contribution in [2.75, 3.05) is 5.32 Å². The predicted octanol–water partition coefficient (Wildman–Crippen LogP) is 4.51. The summed E-state index contributed by atoms with van der Waals surface area (Å²) in [5.74, 6) is -0.802. The van der Waals surface area contributed by atoms with E-state index in [4.69, 9.17) is 0 Å². The first-order valence-corrected chi connectivity index (χ1v) is 9.62. The van der Waals surface area contributed by atoms with Crippen LogP contribution in [0.2, 0.25) is 0 Å². The maximum absolute atomic E-state index is 13.1. The van der Waals surface area contributed by atoms with Gasteiger partial charge in [-0.2, -0.15) is 13.2 Å². The zero-order valence-electron chi connectivity index (χ0n) is 15.1. The quantitative estimate of drug-likeness (QED) is 0.805. The lowest BCUT2D eigenvalue weighted by Gasteiger charge is -2.28. The van der Waals surface area contributed by atoms with E-state index in [1.165, 1.54) is 18.2 Å². The molecule has 0 saturated heterocycles. The Balaban J connectivity index is 1.52. The third-order valence-corrected chi connectivity index (χ3v) is 5.66. The minimum atomic E-state index is -4.51. The van der Waals surface area contributed by atoms with Crippen molar-refractivity contribution in [3.05, 3.63) is 29.8 Å². The average Bonchev–Trinajstić information content (AvgIpc) is 3.14. The Bertz CT molecular complexity index is 676. The Morgan fingerprint density at radius 3 is 2.00 bits per heavy atom. The van der Waals surface area contributed by atoms with Gasteiger partial charge in [0.25, 0.3) is 0 Å². The summed E-state index contributed by atoms with van der Waals surface area (Å²) in [5.41, 5.74) is -1.06. The van der Waals surface area contributed by atoms with E-state index in [1.807, 2.05) is 0 Å². The highest BCUT2D eigenvalue weighted by molar-refractivity contribution is 5.93. The molecule has 2 fully saturated rings. The van der Waals surface area contributed by atoms with Crippen LogP contribution < -0.4 is 10.6 Å². The van der Waals surface area contributed by atoms with Crippen LogP contribution in [-0.2, 0) is 15.8 Å². The van der Waals surface area contributed by atoms with Gasteiger partial charge in [0.05, 0.1) is 11.3 Å². The van der Waals surface area contributed by atoms with E-state index in [2.05, 4.69) is 10.6 Å². The molecule has 2 saturated carbocycles. The van der Waals surface area contributed by atoms with Crippen LogP contribution in [0.25, 0.3) is 0 Å². The van der Waals surface area contributed by atoms with Crippen molar-refractivity contribution >= 4 is 17.5 Å². The summed E-state index contributed by atoms with van der Waals surface area (Å²) in [6.07, 6.45) is 2.07. The molecule has 0 spiro atoms. The number of halogens is 3. The Kier molecular flexibility index (Phi) is 6.07. The van der Waals surface area contributed by atoms with Crippen LogP contribution in [0, 0.1) is 11.8 Å². The molecule has 27 heavy (non-hydrogen) atoms. The third kappa shape index (κ3) is 5.02. The smallest absolute Gasteiger partial charge is 0.353 e.